The average molecular weight is 611 g/mol. The molecule has 0 saturated heterocycles. The molecule has 0 aliphatic rings. The average Bonchev–Trinajstić information content (AvgIpc) is 3.67. The predicted molar refractivity (Wildman–Crippen MR) is 195 cm³/mol. The number of nitrogens with zero attached hydrogens (tertiary/aromatic N) is 4. The van der Waals surface area contributed by atoms with Crippen LogP contribution in [0.25, 0.3) is 77.2 Å². The maximum Gasteiger partial charge on any atom is 0.0998 e. The molecule has 2 heterocycles. The van der Waals surface area contributed by atoms with Gasteiger partial charge in [-0.2, -0.15) is 10.5 Å². The second-order valence-electron chi connectivity index (χ2n) is 12.0. The van der Waals surface area contributed by atoms with Crippen LogP contribution >= 0.6 is 0 Å². The van der Waals surface area contributed by atoms with E-state index < -0.39 is 0 Å². The first kappa shape index (κ1) is 27.4. The van der Waals surface area contributed by atoms with E-state index in [9.17, 15) is 10.5 Å². The molecular formula is C44H26N4. The number of para-hydroxylation sites is 4. The van der Waals surface area contributed by atoms with Crippen molar-refractivity contribution in [2.75, 3.05) is 0 Å². The summed E-state index contributed by atoms with van der Waals surface area (Å²) in [5, 5.41) is 24.6. The molecule has 0 fully saturated rings. The summed E-state index contributed by atoms with van der Waals surface area (Å²) in [4.78, 5) is 0. The molecule has 0 saturated carbocycles. The molecule has 0 N–H and O–H groups in total. The number of hydrogen-bond acceptors (Lipinski definition) is 2. The Hall–Kier alpha value is -6.88. The van der Waals surface area contributed by atoms with E-state index in [-0.39, 0.29) is 0 Å². The first-order valence-corrected chi connectivity index (χ1v) is 15.9. The van der Waals surface area contributed by atoms with Gasteiger partial charge in [-0.15, -0.1) is 0 Å². The van der Waals surface area contributed by atoms with Gasteiger partial charge in [-0.05, 0) is 71.8 Å². The molecule has 222 valence electrons. The van der Waals surface area contributed by atoms with Crippen molar-refractivity contribution in [3.05, 3.63) is 169 Å². The summed E-state index contributed by atoms with van der Waals surface area (Å²) < 4.78 is 4.54. The number of fused-ring (bicyclic) bond motifs is 6. The largest absolute Gasteiger partial charge is 0.309 e. The third-order valence-corrected chi connectivity index (χ3v) is 9.42. The Morgan fingerprint density at radius 3 is 1.60 bits per heavy atom. The summed E-state index contributed by atoms with van der Waals surface area (Å²) in [6.45, 7) is 0. The Bertz CT molecular complexity index is 2750. The Balaban J connectivity index is 1.19. The van der Waals surface area contributed by atoms with E-state index in [1.54, 1.807) is 0 Å². The van der Waals surface area contributed by atoms with E-state index in [1.807, 2.05) is 42.5 Å². The van der Waals surface area contributed by atoms with E-state index >= 15 is 0 Å². The highest BCUT2D eigenvalue weighted by atomic mass is 15.0. The molecule has 4 nitrogen and oxygen atoms in total. The van der Waals surface area contributed by atoms with Gasteiger partial charge >= 0.3 is 0 Å². The number of hydrogen-bond donors (Lipinski definition) is 0. The van der Waals surface area contributed by atoms with Crippen LogP contribution in [0, 0.1) is 22.7 Å². The van der Waals surface area contributed by atoms with Gasteiger partial charge < -0.3 is 9.13 Å². The minimum absolute atomic E-state index is 0.627. The second kappa shape index (κ2) is 10.9. The van der Waals surface area contributed by atoms with Gasteiger partial charge in [0.05, 0.1) is 51.0 Å². The molecule has 48 heavy (non-hydrogen) atoms. The lowest BCUT2D eigenvalue weighted by atomic mass is 9.94. The van der Waals surface area contributed by atoms with Gasteiger partial charge in [-0.3, -0.25) is 0 Å². The number of rotatable bonds is 4. The quantitative estimate of drug-likeness (QED) is 0.199. The molecule has 0 unspecified atom stereocenters. The summed E-state index contributed by atoms with van der Waals surface area (Å²) in [6.07, 6.45) is 0. The Morgan fingerprint density at radius 1 is 0.396 bits per heavy atom. The Labute approximate surface area is 277 Å². The topological polar surface area (TPSA) is 57.4 Å². The van der Waals surface area contributed by atoms with Crippen LogP contribution < -0.4 is 0 Å². The fraction of sp³-hybridized carbons (Fsp3) is 0. The zero-order valence-corrected chi connectivity index (χ0v) is 25.8. The Kier molecular flexibility index (Phi) is 6.22. The van der Waals surface area contributed by atoms with Crippen LogP contribution in [-0.2, 0) is 0 Å². The van der Waals surface area contributed by atoms with Gasteiger partial charge in [0.25, 0.3) is 0 Å². The molecule has 2 aromatic heterocycles. The molecule has 9 rings (SSSR count). The molecule has 7 aromatic carbocycles. The fourth-order valence-corrected chi connectivity index (χ4v) is 7.24. The predicted octanol–water partition coefficient (Wildman–Crippen LogP) is 11.0. The first-order chi connectivity index (χ1) is 23.7. The minimum atomic E-state index is 0.627. The van der Waals surface area contributed by atoms with Gasteiger partial charge in [0.2, 0.25) is 0 Å². The fourth-order valence-electron chi connectivity index (χ4n) is 7.24. The van der Waals surface area contributed by atoms with Gasteiger partial charge in [0.1, 0.15) is 0 Å². The smallest absolute Gasteiger partial charge is 0.0998 e. The van der Waals surface area contributed by atoms with Crippen molar-refractivity contribution in [3.63, 3.8) is 0 Å². The van der Waals surface area contributed by atoms with Gasteiger partial charge in [0, 0.05) is 38.4 Å². The maximum absolute atomic E-state index is 10.3. The lowest BCUT2D eigenvalue weighted by Crippen LogP contribution is -1.98. The van der Waals surface area contributed by atoms with Crippen molar-refractivity contribution >= 4 is 43.6 Å². The molecular weight excluding hydrogens is 585 g/mol. The minimum Gasteiger partial charge on any atom is -0.309 e. The van der Waals surface area contributed by atoms with Crippen LogP contribution in [0.1, 0.15) is 11.1 Å². The van der Waals surface area contributed by atoms with Crippen LogP contribution in [0.5, 0.6) is 0 Å². The highest BCUT2D eigenvalue weighted by Gasteiger charge is 2.18. The van der Waals surface area contributed by atoms with Crippen LogP contribution in [0.2, 0.25) is 0 Å². The van der Waals surface area contributed by atoms with Crippen molar-refractivity contribution in [2.24, 2.45) is 0 Å². The van der Waals surface area contributed by atoms with Gasteiger partial charge in [-0.25, -0.2) is 0 Å². The molecule has 0 atom stereocenters. The first-order valence-electron chi connectivity index (χ1n) is 15.9. The van der Waals surface area contributed by atoms with Crippen molar-refractivity contribution in [1.82, 2.24) is 9.13 Å². The van der Waals surface area contributed by atoms with Crippen LogP contribution in [-0.4, -0.2) is 9.13 Å². The van der Waals surface area contributed by atoms with Crippen molar-refractivity contribution < 1.29 is 0 Å². The monoisotopic (exact) mass is 610 g/mol. The van der Waals surface area contributed by atoms with E-state index in [0.29, 0.717) is 11.1 Å². The van der Waals surface area contributed by atoms with Gasteiger partial charge in [0.15, 0.2) is 0 Å². The molecule has 4 heteroatoms. The molecule has 9 aromatic rings. The molecule has 0 aliphatic heterocycles. The second-order valence-corrected chi connectivity index (χ2v) is 12.0. The summed E-state index contributed by atoms with van der Waals surface area (Å²) in [7, 11) is 0. The van der Waals surface area contributed by atoms with E-state index in [2.05, 4.69) is 137 Å². The summed E-state index contributed by atoms with van der Waals surface area (Å²) in [5.41, 5.74) is 11.6. The number of aromatic nitrogens is 2. The molecule has 0 bridgehead atoms. The maximum atomic E-state index is 10.3. The SMILES string of the molecule is N#Cc1ccc2c3ccccc3n(-c3ccc(-c4ccc(C#N)c(-c5ccccc5-n5c6ccccc6c6ccccc65)c4)cc3)c2c1. The standard InChI is InChI=1S/C44H26N4/c45-27-29-17-24-38-36-11-1-5-13-40(36)47(44(38)25-29)33-22-20-30(21-23-33)31-18-19-32(28-46)39(26-31)37-12-4-8-16-43(37)48-41-14-6-2-9-34(41)35-10-3-7-15-42(35)48/h1-26H. The summed E-state index contributed by atoms with van der Waals surface area (Å²) >= 11 is 0. The van der Waals surface area contributed by atoms with Gasteiger partial charge in [-0.1, -0.05) is 97.1 Å². The van der Waals surface area contributed by atoms with E-state index in [4.69, 9.17) is 0 Å². The van der Waals surface area contributed by atoms with Crippen molar-refractivity contribution in [1.29, 1.82) is 10.5 Å². The van der Waals surface area contributed by atoms with Crippen molar-refractivity contribution in [3.8, 4) is 45.8 Å². The highest BCUT2D eigenvalue weighted by molar-refractivity contribution is 6.10. The van der Waals surface area contributed by atoms with Crippen molar-refractivity contribution in [2.45, 2.75) is 0 Å². The highest BCUT2D eigenvalue weighted by Crippen LogP contribution is 2.39. The lowest BCUT2D eigenvalue weighted by Gasteiger charge is -2.16. The summed E-state index contributed by atoms with van der Waals surface area (Å²) in [6, 6.07) is 58.9. The lowest BCUT2D eigenvalue weighted by molar-refractivity contribution is 1.18. The third kappa shape index (κ3) is 4.14. The molecule has 0 amide bonds. The van der Waals surface area contributed by atoms with Crippen LogP contribution in [0.4, 0.5) is 0 Å². The Morgan fingerprint density at radius 2 is 0.958 bits per heavy atom. The molecule has 0 spiro atoms. The van der Waals surface area contributed by atoms with E-state index in [0.717, 1.165) is 66.5 Å². The zero-order valence-electron chi connectivity index (χ0n) is 25.8. The summed E-state index contributed by atoms with van der Waals surface area (Å²) in [5.74, 6) is 0. The van der Waals surface area contributed by atoms with E-state index in [1.165, 1.54) is 10.8 Å². The number of nitriles is 2. The normalized spacial score (nSPS) is 11.3. The van der Waals surface area contributed by atoms with Crippen LogP contribution in [0.15, 0.2) is 158 Å². The zero-order chi connectivity index (χ0) is 32.2. The van der Waals surface area contributed by atoms with Crippen LogP contribution in [0.3, 0.4) is 0 Å². The molecule has 0 aliphatic carbocycles. The third-order valence-electron chi connectivity index (χ3n) is 9.42. The molecule has 0 radical (unpaired) electrons. The number of benzene rings is 7.